The quantitative estimate of drug-likeness (QED) is 0.670. The van der Waals surface area contributed by atoms with Crippen LogP contribution >= 0.6 is 27.3 Å². The number of nitrogens with one attached hydrogen (secondary N) is 1. The van der Waals surface area contributed by atoms with Gasteiger partial charge < -0.3 is 9.73 Å². The van der Waals surface area contributed by atoms with Crippen molar-refractivity contribution in [3.63, 3.8) is 0 Å². The van der Waals surface area contributed by atoms with E-state index in [-0.39, 0.29) is 0 Å². The number of hydrogen-bond acceptors (Lipinski definition) is 4. The average molecular weight is 351 g/mol. The van der Waals surface area contributed by atoms with Gasteiger partial charge in [-0.05, 0) is 37.2 Å². The van der Waals surface area contributed by atoms with Gasteiger partial charge in [0.05, 0.1) is 0 Å². The van der Waals surface area contributed by atoms with Gasteiger partial charge >= 0.3 is 0 Å². The van der Waals surface area contributed by atoms with Crippen molar-refractivity contribution in [2.75, 3.05) is 6.54 Å². The van der Waals surface area contributed by atoms with Gasteiger partial charge in [0.2, 0.25) is 0 Å². The van der Waals surface area contributed by atoms with E-state index >= 15 is 0 Å². The third kappa shape index (κ3) is 2.95. The summed E-state index contributed by atoms with van der Waals surface area (Å²) in [7, 11) is 0. The molecule has 104 valence electrons. The van der Waals surface area contributed by atoms with E-state index in [2.05, 4.69) is 44.6 Å². The summed E-state index contributed by atoms with van der Waals surface area (Å²) in [5.41, 5.74) is 1.80. The Hall–Kier alpha value is -1.17. The minimum absolute atomic E-state index is 0.824. The van der Waals surface area contributed by atoms with Gasteiger partial charge in [-0.2, -0.15) is 0 Å². The van der Waals surface area contributed by atoms with E-state index in [1.807, 2.05) is 18.2 Å². The lowest BCUT2D eigenvalue weighted by molar-refractivity contribution is 0.627. The Labute approximate surface area is 130 Å². The summed E-state index contributed by atoms with van der Waals surface area (Å²) in [5.74, 6) is 0.830. The number of halogens is 1. The first kappa shape index (κ1) is 13.8. The Bertz CT molecular complexity index is 720. The van der Waals surface area contributed by atoms with Crippen molar-refractivity contribution in [2.45, 2.75) is 19.9 Å². The fraction of sp³-hybridized carbons (Fsp3) is 0.267. The molecule has 3 rings (SSSR count). The molecule has 0 aliphatic heterocycles. The second-order valence-electron chi connectivity index (χ2n) is 4.60. The van der Waals surface area contributed by atoms with Crippen molar-refractivity contribution in [3.05, 3.63) is 39.1 Å². The van der Waals surface area contributed by atoms with Crippen molar-refractivity contribution in [1.82, 2.24) is 10.3 Å². The number of benzene rings is 1. The van der Waals surface area contributed by atoms with Crippen LogP contribution in [0.1, 0.15) is 18.4 Å². The second kappa shape index (κ2) is 6.08. The van der Waals surface area contributed by atoms with Crippen LogP contribution in [-0.2, 0) is 6.54 Å². The molecule has 0 saturated carbocycles. The Morgan fingerprint density at radius 2 is 2.25 bits per heavy atom. The summed E-state index contributed by atoms with van der Waals surface area (Å²) < 4.78 is 6.91. The third-order valence-corrected chi connectivity index (χ3v) is 4.33. The molecule has 0 bridgehead atoms. The van der Waals surface area contributed by atoms with Crippen LogP contribution in [0.25, 0.3) is 22.4 Å². The molecule has 20 heavy (non-hydrogen) atoms. The predicted octanol–water partition coefficient (Wildman–Crippen LogP) is 4.82. The molecule has 0 unspecified atom stereocenters. The SMILES string of the molecule is CCCNCc1nc(-c2cc3cc(Br)ccc3o2)cs1. The highest BCUT2D eigenvalue weighted by atomic mass is 79.9. The van der Waals surface area contributed by atoms with Gasteiger partial charge in [-0.3, -0.25) is 0 Å². The van der Waals surface area contributed by atoms with Crippen LogP contribution in [0.4, 0.5) is 0 Å². The Balaban J connectivity index is 1.83. The molecule has 3 aromatic rings. The monoisotopic (exact) mass is 350 g/mol. The van der Waals surface area contributed by atoms with Crippen LogP contribution in [0.5, 0.6) is 0 Å². The lowest BCUT2D eigenvalue weighted by atomic mass is 10.2. The van der Waals surface area contributed by atoms with Crippen molar-refractivity contribution in [2.24, 2.45) is 0 Å². The molecule has 0 spiro atoms. The van der Waals surface area contributed by atoms with Gasteiger partial charge in [0.25, 0.3) is 0 Å². The molecule has 1 aromatic carbocycles. The number of nitrogens with zero attached hydrogens (tertiary/aromatic N) is 1. The maximum Gasteiger partial charge on any atom is 0.154 e. The van der Waals surface area contributed by atoms with Gasteiger partial charge in [0.1, 0.15) is 16.3 Å². The largest absolute Gasteiger partial charge is 0.454 e. The van der Waals surface area contributed by atoms with Crippen molar-refractivity contribution < 1.29 is 4.42 Å². The fourth-order valence-electron chi connectivity index (χ4n) is 2.02. The fourth-order valence-corrected chi connectivity index (χ4v) is 3.15. The van der Waals surface area contributed by atoms with Crippen molar-refractivity contribution in [3.8, 4) is 11.5 Å². The van der Waals surface area contributed by atoms with Gasteiger partial charge in [0, 0.05) is 21.8 Å². The minimum atomic E-state index is 0.824. The highest BCUT2D eigenvalue weighted by molar-refractivity contribution is 9.10. The molecular weight excluding hydrogens is 336 g/mol. The van der Waals surface area contributed by atoms with Gasteiger partial charge in [-0.1, -0.05) is 22.9 Å². The zero-order valence-corrected chi connectivity index (χ0v) is 13.6. The maximum absolute atomic E-state index is 5.85. The molecule has 0 atom stereocenters. The zero-order chi connectivity index (χ0) is 13.9. The van der Waals surface area contributed by atoms with E-state index < -0.39 is 0 Å². The average Bonchev–Trinajstić information content (AvgIpc) is 3.04. The molecule has 0 amide bonds. The molecular formula is C15H15BrN2OS. The molecule has 3 nitrogen and oxygen atoms in total. The highest BCUT2D eigenvalue weighted by Crippen LogP contribution is 2.30. The number of aromatic nitrogens is 1. The molecule has 5 heteroatoms. The molecule has 0 fully saturated rings. The van der Waals surface area contributed by atoms with Crippen molar-refractivity contribution in [1.29, 1.82) is 0 Å². The van der Waals surface area contributed by atoms with E-state index in [0.717, 1.165) is 51.4 Å². The van der Waals surface area contributed by atoms with Crippen LogP contribution in [0.2, 0.25) is 0 Å². The number of thiazole rings is 1. The van der Waals surface area contributed by atoms with E-state index in [9.17, 15) is 0 Å². The van der Waals surface area contributed by atoms with Gasteiger partial charge in [-0.15, -0.1) is 11.3 Å². The number of rotatable bonds is 5. The molecule has 0 aliphatic rings. The highest BCUT2D eigenvalue weighted by Gasteiger charge is 2.10. The molecule has 0 aliphatic carbocycles. The lowest BCUT2D eigenvalue weighted by Gasteiger charge is -1.97. The summed E-state index contributed by atoms with van der Waals surface area (Å²) in [5, 5.41) is 7.60. The minimum Gasteiger partial charge on any atom is -0.454 e. The summed E-state index contributed by atoms with van der Waals surface area (Å²) in [6.07, 6.45) is 1.14. The van der Waals surface area contributed by atoms with Crippen LogP contribution in [0.15, 0.2) is 38.5 Å². The summed E-state index contributed by atoms with van der Waals surface area (Å²) in [4.78, 5) is 4.62. The Morgan fingerprint density at radius 1 is 1.35 bits per heavy atom. The van der Waals surface area contributed by atoms with E-state index in [1.165, 1.54) is 0 Å². The first-order valence-electron chi connectivity index (χ1n) is 6.61. The number of fused-ring (bicyclic) bond motifs is 1. The number of hydrogen-bond donors (Lipinski definition) is 1. The zero-order valence-electron chi connectivity index (χ0n) is 11.1. The van der Waals surface area contributed by atoms with E-state index in [4.69, 9.17) is 4.42 Å². The van der Waals surface area contributed by atoms with Crippen LogP contribution in [-0.4, -0.2) is 11.5 Å². The van der Waals surface area contributed by atoms with Crippen LogP contribution in [0, 0.1) is 0 Å². The van der Waals surface area contributed by atoms with Crippen molar-refractivity contribution >= 4 is 38.2 Å². The molecule has 1 N–H and O–H groups in total. The molecule has 0 saturated heterocycles. The summed E-state index contributed by atoms with van der Waals surface area (Å²) in [6, 6.07) is 8.05. The predicted molar refractivity (Wildman–Crippen MR) is 87.0 cm³/mol. The van der Waals surface area contributed by atoms with E-state index in [0.29, 0.717) is 0 Å². The lowest BCUT2D eigenvalue weighted by Crippen LogP contribution is -2.13. The van der Waals surface area contributed by atoms with Crippen LogP contribution in [0.3, 0.4) is 0 Å². The summed E-state index contributed by atoms with van der Waals surface area (Å²) in [6.45, 7) is 4.00. The maximum atomic E-state index is 5.85. The number of furan rings is 1. The molecule has 2 aromatic heterocycles. The third-order valence-electron chi connectivity index (χ3n) is 2.99. The summed E-state index contributed by atoms with van der Waals surface area (Å²) >= 11 is 5.14. The van der Waals surface area contributed by atoms with Crippen LogP contribution < -0.4 is 5.32 Å². The first-order chi connectivity index (χ1) is 9.76. The topological polar surface area (TPSA) is 38.1 Å². The standard InChI is InChI=1S/C15H15BrN2OS/c1-2-5-17-8-15-18-12(9-20-15)14-7-10-6-11(16)3-4-13(10)19-14/h3-4,6-7,9,17H,2,5,8H2,1H3. The van der Waals surface area contributed by atoms with Gasteiger partial charge in [-0.25, -0.2) is 4.98 Å². The van der Waals surface area contributed by atoms with E-state index in [1.54, 1.807) is 11.3 Å². The normalized spacial score (nSPS) is 11.3. The Morgan fingerprint density at radius 3 is 3.10 bits per heavy atom. The van der Waals surface area contributed by atoms with Gasteiger partial charge in [0.15, 0.2) is 5.76 Å². The molecule has 0 radical (unpaired) electrons. The smallest absolute Gasteiger partial charge is 0.154 e. The Kier molecular flexibility index (Phi) is 4.19. The first-order valence-corrected chi connectivity index (χ1v) is 8.28. The molecule has 2 heterocycles. The second-order valence-corrected chi connectivity index (χ2v) is 6.45.